The highest BCUT2D eigenvalue weighted by Gasteiger charge is 2.31. The van der Waals surface area contributed by atoms with Crippen molar-refractivity contribution in [2.75, 3.05) is 26.8 Å². The zero-order chi connectivity index (χ0) is 23.4. The van der Waals surface area contributed by atoms with Crippen molar-refractivity contribution in [1.29, 1.82) is 0 Å². The van der Waals surface area contributed by atoms with E-state index in [1.165, 1.54) is 7.11 Å². The van der Waals surface area contributed by atoms with Crippen LogP contribution < -0.4 is 25.8 Å². The fourth-order valence-corrected chi connectivity index (χ4v) is 4.50. The second-order valence-corrected chi connectivity index (χ2v) is 8.59. The Kier molecular flexibility index (Phi) is 6.99. The number of nitrogens with two attached hydrogens (primary N) is 1. The first kappa shape index (κ1) is 22.9. The third kappa shape index (κ3) is 5.04. The third-order valence-corrected chi connectivity index (χ3v) is 6.47. The van der Waals surface area contributed by atoms with Crippen molar-refractivity contribution in [1.82, 2.24) is 15.6 Å². The zero-order valence-corrected chi connectivity index (χ0v) is 19.1. The molecule has 4 N–H and O–H groups in total. The Morgan fingerprint density at radius 3 is 2.76 bits per heavy atom. The highest BCUT2D eigenvalue weighted by Crippen LogP contribution is 2.33. The Morgan fingerprint density at radius 1 is 1.27 bits per heavy atom. The Morgan fingerprint density at radius 2 is 2.06 bits per heavy atom. The smallest absolute Gasteiger partial charge is 0.252 e. The van der Waals surface area contributed by atoms with Crippen molar-refractivity contribution in [3.8, 4) is 23.5 Å². The molecule has 0 radical (unpaired) electrons. The van der Waals surface area contributed by atoms with Gasteiger partial charge < -0.3 is 25.8 Å². The van der Waals surface area contributed by atoms with Crippen molar-refractivity contribution in [2.45, 2.75) is 38.6 Å². The van der Waals surface area contributed by atoms with Crippen LogP contribution in [0, 0.1) is 23.7 Å². The summed E-state index contributed by atoms with van der Waals surface area (Å²) in [5.41, 5.74) is 6.58. The number of rotatable bonds is 6. The van der Waals surface area contributed by atoms with E-state index in [1.807, 2.05) is 0 Å². The van der Waals surface area contributed by atoms with Crippen LogP contribution in [0.2, 0.25) is 0 Å². The maximum Gasteiger partial charge on any atom is 0.252 e. The molecule has 0 unspecified atom stereocenters. The first-order chi connectivity index (χ1) is 16.0. The van der Waals surface area contributed by atoms with Gasteiger partial charge in [-0.25, -0.2) is 4.98 Å². The number of primary amides is 1. The molecule has 1 aromatic carbocycles. The predicted octanol–water partition coefficient (Wildman–Crippen LogP) is 1.99. The zero-order valence-electron chi connectivity index (χ0n) is 19.1. The number of carbonyl (C=O) groups excluding carboxylic acids is 2. The van der Waals surface area contributed by atoms with Gasteiger partial charge in [-0.15, -0.1) is 0 Å². The van der Waals surface area contributed by atoms with Crippen LogP contribution in [-0.2, 0) is 4.79 Å². The van der Waals surface area contributed by atoms with Gasteiger partial charge in [-0.1, -0.05) is 25.2 Å². The molecule has 4 rings (SSSR count). The van der Waals surface area contributed by atoms with E-state index in [0.29, 0.717) is 41.5 Å². The topological polar surface area (TPSA) is 116 Å². The fourth-order valence-electron chi connectivity index (χ4n) is 4.50. The SMILES string of the molecule is CC[C@@H]1CC(=O)N[C@@H]1COc1ncc(C#CC2CCNCC2)c2cc(C(N)=O)c(OC)cc12. The standard InChI is InChI=1S/C25H30N4O4/c1-3-16-10-23(30)29-21(16)14-33-25-19-12-22(32-2)20(24(26)31)11-18(19)17(13-28-25)5-4-15-6-8-27-9-7-15/h11-13,15-16,21,27H,3,6-10,14H2,1-2H3,(H2,26,31)(H,29,30)/t16-,21-/m1/s1. The lowest BCUT2D eigenvalue weighted by atomic mass is 9.97. The summed E-state index contributed by atoms with van der Waals surface area (Å²) in [5.74, 6) is 7.40. The summed E-state index contributed by atoms with van der Waals surface area (Å²) in [6.07, 6.45) is 5.09. The molecule has 2 aliphatic rings. The quantitative estimate of drug-likeness (QED) is 0.580. The van der Waals surface area contributed by atoms with Crippen molar-refractivity contribution in [3.05, 3.63) is 29.5 Å². The number of fused-ring (bicyclic) bond motifs is 1. The molecule has 0 bridgehead atoms. The highest BCUT2D eigenvalue weighted by molar-refractivity contribution is 6.03. The minimum atomic E-state index is -0.579. The molecule has 2 saturated heterocycles. The van der Waals surface area contributed by atoms with Crippen molar-refractivity contribution in [3.63, 3.8) is 0 Å². The van der Waals surface area contributed by atoms with Gasteiger partial charge in [0.15, 0.2) is 0 Å². The lowest BCUT2D eigenvalue weighted by Gasteiger charge is -2.19. The molecular formula is C25H30N4O4. The third-order valence-electron chi connectivity index (χ3n) is 6.47. The lowest BCUT2D eigenvalue weighted by Crippen LogP contribution is -2.34. The molecule has 0 spiro atoms. The van der Waals surface area contributed by atoms with Gasteiger partial charge in [-0.3, -0.25) is 9.59 Å². The van der Waals surface area contributed by atoms with E-state index >= 15 is 0 Å². The van der Waals surface area contributed by atoms with Crippen LogP contribution >= 0.6 is 0 Å². The fraction of sp³-hybridized carbons (Fsp3) is 0.480. The first-order valence-corrected chi connectivity index (χ1v) is 11.4. The van der Waals surface area contributed by atoms with E-state index in [1.54, 1.807) is 18.3 Å². The summed E-state index contributed by atoms with van der Waals surface area (Å²) >= 11 is 0. The molecule has 8 nitrogen and oxygen atoms in total. The number of benzene rings is 1. The van der Waals surface area contributed by atoms with E-state index in [9.17, 15) is 9.59 Å². The normalized spacial score (nSPS) is 20.7. The molecule has 2 fully saturated rings. The summed E-state index contributed by atoms with van der Waals surface area (Å²) in [4.78, 5) is 28.4. The van der Waals surface area contributed by atoms with Gasteiger partial charge in [-0.05, 0) is 44.0 Å². The van der Waals surface area contributed by atoms with E-state index in [0.717, 1.165) is 37.7 Å². The molecular weight excluding hydrogens is 420 g/mol. The Labute approximate surface area is 193 Å². The summed E-state index contributed by atoms with van der Waals surface area (Å²) in [6, 6.07) is 3.35. The molecule has 0 saturated carbocycles. The Hall–Kier alpha value is -3.31. The van der Waals surface area contributed by atoms with Gasteiger partial charge >= 0.3 is 0 Å². The number of hydrogen-bond donors (Lipinski definition) is 3. The summed E-state index contributed by atoms with van der Waals surface area (Å²) in [6.45, 7) is 4.30. The highest BCUT2D eigenvalue weighted by atomic mass is 16.5. The minimum Gasteiger partial charge on any atom is -0.496 e. The summed E-state index contributed by atoms with van der Waals surface area (Å²) < 4.78 is 11.5. The number of ether oxygens (including phenoxy) is 2. The van der Waals surface area contributed by atoms with Gasteiger partial charge in [0.05, 0.1) is 24.3 Å². The number of aromatic nitrogens is 1. The molecule has 1 aromatic heterocycles. The maximum atomic E-state index is 12.0. The number of amides is 2. The molecule has 33 heavy (non-hydrogen) atoms. The first-order valence-electron chi connectivity index (χ1n) is 11.4. The number of piperidine rings is 1. The summed E-state index contributed by atoms with van der Waals surface area (Å²) in [7, 11) is 1.49. The average Bonchev–Trinajstić information content (AvgIpc) is 3.20. The van der Waals surface area contributed by atoms with E-state index in [-0.39, 0.29) is 23.4 Å². The second kappa shape index (κ2) is 10.1. The van der Waals surface area contributed by atoms with E-state index in [4.69, 9.17) is 15.2 Å². The molecule has 2 aliphatic heterocycles. The Balaban J connectivity index is 1.71. The molecule has 2 atom stereocenters. The molecule has 2 amide bonds. The molecule has 2 aromatic rings. The Bertz CT molecular complexity index is 1110. The van der Waals surface area contributed by atoms with Crippen LogP contribution in [0.3, 0.4) is 0 Å². The molecule has 0 aliphatic carbocycles. The van der Waals surface area contributed by atoms with Gasteiger partial charge in [0, 0.05) is 29.3 Å². The van der Waals surface area contributed by atoms with E-state index < -0.39 is 5.91 Å². The second-order valence-electron chi connectivity index (χ2n) is 8.59. The number of carbonyl (C=O) groups is 2. The number of nitrogens with one attached hydrogen (secondary N) is 2. The van der Waals surface area contributed by atoms with Crippen LogP contribution in [0.25, 0.3) is 10.8 Å². The van der Waals surface area contributed by atoms with Crippen molar-refractivity contribution in [2.24, 2.45) is 17.6 Å². The largest absolute Gasteiger partial charge is 0.496 e. The molecule has 174 valence electrons. The lowest BCUT2D eigenvalue weighted by molar-refractivity contribution is -0.119. The van der Waals surface area contributed by atoms with E-state index in [2.05, 4.69) is 34.4 Å². The van der Waals surface area contributed by atoms with Gasteiger partial charge in [-0.2, -0.15) is 0 Å². The van der Waals surface area contributed by atoms with Gasteiger partial charge in [0.2, 0.25) is 11.8 Å². The number of nitrogens with zero attached hydrogens (tertiary/aromatic N) is 1. The maximum absolute atomic E-state index is 12.0. The minimum absolute atomic E-state index is 0.0459. The predicted molar refractivity (Wildman–Crippen MR) is 125 cm³/mol. The number of methoxy groups -OCH3 is 1. The van der Waals surface area contributed by atoms with Crippen LogP contribution in [0.4, 0.5) is 0 Å². The van der Waals surface area contributed by atoms with Gasteiger partial charge in [0.1, 0.15) is 12.4 Å². The van der Waals surface area contributed by atoms with Crippen LogP contribution in [0.15, 0.2) is 18.3 Å². The van der Waals surface area contributed by atoms with Crippen molar-refractivity contribution >= 4 is 22.6 Å². The van der Waals surface area contributed by atoms with Crippen LogP contribution in [0.1, 0.15) is 48.5 Å². The van der Waals surface area contributed by atoms with Gasteiger partial charge in [0.25, 0.3) is 5.91 Å². The average molecular weight is 451 g/mol. The molecule has 3 heterocycles. The van der Waals surface area contributed by atoms with Crippen molar-refractivity contribution < 1.29 is 19.1 Å². The molecule has 8 heteroatoms. The number of hydrogen-bond acceptors (Lipinski definition) is 6. The van der Waals surface area contributed by atoms with Crippen LogP contribution in [0.5, 0.6) is 11.6 Å². The monoisotopic (exact) mass is 450 g/mol. The summed E-state index contributed by atoms with van der Waals surface area (Å²) in [5, 5.41) is 7.75. The number of pyridine rings is 1. The van der Waals surface area contributed by atoms with Crippen LogP contribution in [-0.4, -0.2) is 49.6 Å².